The van der Waals surface area contributed by atoms with Gasteiger partial charge in [-0.3, -0.25) is 9.69 Å². The van der Waals surface area contributed by atoms with E-state index < -0.39 is 0 Å². The highest BCUT2D eigenvalue weighted by Gasteiger charge is 2.33. The summed E-state index contributed by atoms with van der Waals surface area (Å²) in [5.41, 5.74) is -0.229. The van der Waals surface area contributed by atoms with Gasteiger partial charge in [-0.15, -0.1) is 16.4 Å². The molecule has 3 rings (SSSR count). The molecular formula is C17H26N6OS2. The van der Waals surface area contributed by atoms with Crippen LogP contribution in [0.4, 0.5) is 5.13 Å². The lowest BCUT2D eigenvalue weighted by Gasteiger charge is -2.34. The largest absolute Gasteiger partial charge is 0.284 e. The molecule has 2 aromatic rings. The fourth-order valence-corrected chi connectivity index (χ4v) is 4.92. The van der Waals surface area contributed by atoms with Crippen LogP contribution in [-0.2, 0) is 10.3 Å². The van der Waals surface area contributed by atoms with Crippen molar-refractivity contribution < 1.29 is 4.79 Å². The summed E-state index contributed by atoms with van der Waals surface area (Å²) in [5.74, 6) is 0.0836. The number of anilines is 1. The van der Waals surface area contributed by atoms with E-state index in [0.29, 0.717) is 5.16 Å². The second-order valence-electron chi connectivity index (χ2n) is 7.62. The van der Waals surface area contributed by atoms with E-state index in [1.54, 1.807) is 10.9 Å². The number of rotatable bonds is 5. The van der Waals surface area contributed by atoms with Gasteiger partial charge in [0, 0.05) is 17.6 Å². The van der Waals surface area contributed by atoms with E-state index >= 15 is 0 Å². The quantitative estimate of drug-likeness (QED) is 0.719. The van der Waals surface area contributed by atoms with Gasteiger partial charge in [0.1, 0.15) is 0 Å². The normalized spacial score (nSPS) is 17.2. The van der Waals surface area contributed by atoms with Crippen molar-refractivity contribution in [1.82, 2.24) is 25.2 Å². The fraction of sp³-hybridized carbons (Fsp3) is 0.706. The molecule has 0 saturated heterocycles. The van der Waals surface area contributed by atoms with Crippen LogP contribution in [0.15, 0.2) is 16.7 Å². The lowest BCUT2D eigenvalue weighted by molar-refractivity contribution is -0.118. The lowest BCUT2D eigenvalue weighted by atomic mass is 9.94. The van der Waals surface area contributed by atoms with Crippen molar-refractivity contribution in [3.8, 4) is 0 Å². The molecule has 7 nitrogen and oxygen atoms in total. The summed E-state index contributed by atoms with van der Waals surface area (Å²) < 4.78 is 1.77. The Hall–Kier alpha value is -1.48. The van der Waals surface area contributed by atoms with Crippen molar-refractivity contribution in [2.75, 3.05) is 4.90 Å². The molecule has 1 aliphatic rings. The van der Waals surface area contributed by atoms with Gasteiger partial charge in [-0.05, 0) is 51.0 Å². The van der Waals surface area contributed by atoms with E-state index in [-0.39, 0.29) is 22.7 Å². The standard InChI is InChI=1S/C17H26N6OS2/c1-12(26-16-19-20-21-23(16)17(2,3)4)14(24)22(15-18-10-11-25-15)13-8-6-5-7-9-13/h10-13H,5-9H2,1-4H3. The molecule has 1 amide bonds. The van der Waals surface area contributed by atoms with Gasteiger partial charge in [0.2, 0.25) is 11.1 Å². The minimum Gasteiger partial charge on any atom is -0.284 e. The van der Waals surface area contributed by atoms with Gasteiger partial charge in [-0.2, -0.15) is 0 Å². The van der Waals surface area contributed by atoms with Crippen molar-refractivity contribution in [2.24, 2.45) is 0 Å². The second kappa shape index (κ2) is 8.04. The number of hydrogen-bond donors (Lipinski definition) is 0. The first-order valence-electron chi connectivity index (χ1n) is 9.06. The number of thioether (sulfide) groups is 1. The highest BCUT2D eigenvalue weighted by Crippen LogP contribution is 2.32. The molecule has 142 valence electrons. The molecule has 2 aromatic heterocycles. The summed E-state index contributed by atoms with van der Waals surface area (Å²) in [6.07, 6.45) is 7.44. The Morgan fingerprint density at radius 1 is 1.35 bits per heavy atom. The molecule has 2 heterocycles. The Balaban J connectivity index is 1.79. The van der Waals surface area contributed by atoms with Crippen LogP contribution in [0, 0.1) is 0 Å². The van der Waals surface area contributed by atoms with Gasteiger partial charge in [0.05, 0.1) is 10.8 Å². The highest BCUT2D eigenvalue weighted by atomic mass is 32.2. The van der Waals surface area contributed by atoms with Crippen LogP contribution in [0.2, 0.25) is 0 Å². The molecular weight excluding hydrogens is 368 g/mol. The van der Waals surface area contributed by atoms with Crippen LogP contribution in [0.5, 0.6) is 0 Å². The molecule has 0 N–H and O–H groups in total. The van der Waals surface area contributed by atoms with Crippen LogP contribution in [0.25, 0.3) is 0 Å². The number of aromatic nitrogens is 5. The Morgan fingerprint density at radius 3 is 2.69 bits per heavy atom. The first-order chi connectivity index (χ1) is 12.4. The van der Waals surface area contributed by atoms with E-state index in [1.807, 2.05) is 38.0 Å². The van der Waals surface area contributed by atoms with Crippen molar-refractivity contribution in [2.45, 2.75) is 81.8 Å². The summed E-state index contributed by atoms with van der Waals surface area (Å²) in [4.78, 5) is 19.7. The number of tetrazole rings is 1. The SMILES string of the molecule is CC(Sc1nnnn1C(C)(C)C)C(=O)N(c1nccs1)C1CCCCC1. The van der Waals surface area contributed by atoms with Gasteiger partial charge < -0.3 is 0 Å². The molecule has 9 heteroatoms. The lowest BCUT2D eigenvalue weighted by Crippen LogP contribution is -2.45. The van der Waals surface area contributed by atoms with Crippen LogP contribution in [0.3, 0.4) is 0 Å². The number of carbonyl (C=O) groups is 1. The topological polar surface area (TPSA) is 76.8 Å². The Kier molecular flexibility index (Phi) is 5.96. The van der Waals surface area contributed by atoms with E-state index in [2.05, 4.69) is 20.5 Å². The van der Waals surface area contributed by atoms with Crippen LogP contribution < -0.4 is 4.90 Å². The van der Waals surface area contributed by atoms with Crippen LogP contribution in [-0.4, -0.2) is 42.4 Å². The molecule has 26 heavy (non-hydrogen) atoms. The maximum absolute atomic E-state index is 13.3. The Morgan fingerprint density at radius 2 is 2.08 bits per heavy atom. The highest BCUT2D eigenvalue weighted by molar-refractivity contribution is 8.00. The van der Waals surface area contributed by atoms with Crippen LogP contribution in [0.1, 0.15) is 59.8 Å². The smallest absolute Gasteiger partial charge is 0.242 e. The first-order valence-corrected chi connectivity index (χ1v) is 10.8. The third kappa shape index (κ3) is 4.25. The first kappa shape index (κ1) is 19.3. The summed E-state index contributed by atoms with van der Waals surface area (Å²) in [6.45, 7) is 8.07. The van der Waals surface area contributed by atoms with Crippen molar-refractivity contribution >= 4 is 34.1 Å². The number of nitrogens with zero attached hydrogens (tertiary/aromatic N) is 6. The van der Waals surface area contributed by atoms with Gasteiger partial charge in [0.15, 0.2) is 5.13 Å². The zero-order valence-corrected chi connectivity index (χ0v) is 17.4. The average molecular weight is 395 g/mol. The molecule has 1 atom stereocenters. The predicted octanol–water partition coefficient (Wildman–Crippen LogP) is 3.73. The zero-order valence-electron chi connectivity index (χ0n) is 15.8. The van der Waals surface area contributed by atoms with E-state index in [4.69, 9.17) is 0 Å². The summed E-state index contributed by atoms with van der Waals surface area (Å²) in [6, 6.07) is 0.240. The summed E-state index contributed by atoms with van der Waals surface area (Å²) in [5, 5.41) is 15.1. The number of thiazole rings is 1. The zero-order chi connectivity index (χ0) is 18.7. The van der Waals surface area contributed by atoms with Crippen molar-refractivity contribution in [3.63, 3.8) is 0 Å². The maximum Gasteiger partial charge on any atom is 0.242 e. The summed E-state index contributed by atoms with van der Waals surface area (Å²) >= 11 is 2.94. The molecule has 1 aliphatic carbocycles. The number of carbonyl (C=O) groups excluding carboxylic acids is 1. The number of amides is 1. The van der Waals surface area contributed by atoms with Gasteiger partial charge in [-0.1, -0.05) is 31.0 Å². The Labute approximate surface area is 162 Å². The molecule has 0 bridgehead atoms. The molecule has 0 aromatic carbocycles. The molecule has 0 radical (unpaired) electrons. The average Bonchev–Trinajstić information content (AvgIpc) is 3.27. The molecule has 0 spiro atoms. The molecule has 1 fully saturated rings. The second-order valence-corrected chi connectivity index (χ2v) is 9.80. The maximum atomic E-state index is 13.3. The summed E-state index contributed by atoms with van der Waals surface area (Å²) in [7, 11) is 0. The van der Waals surface area contributed by atoms with E-state index in [9.17, 15) is 4.79 Å². The van der Waals surface area contributed by atoms with Gasteiger partial charge in [0.25, 0.3) is 0 Å². The molecule has 0 aliphatic heterocycles. The van der Waals surface area contributed by atoms with Gasteiger partial charge >= 0.3 is 0 Å². The van der Waals surface area contributed by atoms with Crippen molar-refractivity contribution in [3.05, 3.63) is 11.6 Å². The third-order valence-electron chi connectivity index (χ3n) is 4.51. The van der Waals surface area contributed by atoms with Crippen LogP contribution >= 0.6 is 23.1 Å². The fourth-order valence-electron chi connectivity index (χ4n) is 3.18. The minimum atomic E-state index is -0.284. The monoisotopic (exact) mass is 394 g/mol. The molecule has 1 saturated carbocycles. The van der Waals surface area contributed by atoms with Gasteiger partial charge in [-0.25, -0.2) is 9.67 Å². The van der Waals surface area contributed by atoms with E-state index in [1.165, 1.54) is 42.4 Å². The number of hydrogen-bond acceptors (Lipinski definition) is 7. The van der Waals surface area contributed by atoms with E-state index in [0.717, 1.165) is 18.0 Å². The third-order valence-corrected chi connectivity index (χ3v) is 6.30. The Bertz CT molecular complexity index is 718. The molecule has 1 unspecified atom stereocenters. The van der Waals surface area contributed by atoms with Crippen molar-refractivity contribution in [1.29, 1.82) is 0 Å². The predicted molar refractivity (Wildman–Crippen MR) is 105 cm³/mol. The minimum absolute atomic E-state index is 0.0836.